The fourth-order valence-corrected chi connectivity index (χ4v) is 9.50. The van der Waals surface area contributed by atoms with Crippen LogP contribution in [-0.2, 0) is 0 Å². The van der Waals surface area contributed by atoms with Crippen LogP contribution >= 0.6 is 0 Å². The van der Waals surface area contributed by atoms with Crippen LogP contribution in [-0.4, -0.2) is 4.57 Å². The molecule has 296 valence electrons. The third-order valence-corrected chi connectivity index (χ3v) is 12.4. The van der Waals surface area contributed by atoms with E-state index in [1.807, 2.05) is 0 Å². The van der Waals surface area contributed by atoms with Gasteiger partial charge in [0, 0.05) is 44.7 Å². The summed E-state index contributed by atoms with van der Waals surface area (Å²) in [6, 6.07) is 86.9. The van der Waals surface area contributed by atoms with E-state index in [9.17, 15) is 0 Å². The molecule has 0 bridgehead atoms. The van der Waals surface area contributed by atoms with Crippen LogP contribution in [0.3, 0.4) is 0 Å². The number of nitrogens with zero attached hydrogens (tertiary/aromatic N) is 2. The third-order valence-electron chi connectivity index (χ3n) is 12.4. The predicted molar refractivity (Wildman–Crippen MR) is 264 cm³/mol. The fraction of sp³-hybridized carbons (Fsp3) is 0. The Morgan fingerprint density at radius 1 is 0.302 bits per heavy atom. The minimum absolute atomic E-state index is 0.837. The van der Waals surface area contributed by atoms with E-state index < -0.39 is 0 Å². The molecule has 12 aromatic rings. The van der Waals surface area contributed by atoms with E-state index in [2.05, 4.69) is 252 Å². The average molecular weight is 805 g/mol. The predicted octanol–water partition coefficient (Wildman–Crippen LogP) is 16.8. The first-order valence-corrected chi connectivity index (χ1v) is 21.5. The van der Waals surface area contributed by atoms with Crippen LogP contribution in [0, 0.1) is 0 Å². The van der Waals surface area contributed by atoms with E-state index in [-0.39, 0.29) is 0 Å². The molecule has 0 spiro atoms. The second-order valence-electron chi connectivity index (χ2n) is 16.1. The van der Waals surface area contributed by atoms with Gasteiger partial charge in [-0.15, -0.1) is 0 Å². The SMILES string of the molecule is c1ccc(-c2ccc(N(c3ccc(-c4ccccc4-c4ccccc4-c4ccccc4)cc3)c3ccc4c(c3)oc3c(-n5c6ccccc6c6ccccc65)cccc34)cc2)cc1. The average Bonchev–Trinajstić information content (AvgIpc) is 3.91. The second kappa shape index (κ2) is 15.3. The van der Waals surface area contributed by atoms with Gasteiger partial charge in [0.25, 0.3) is 0 Å². The van der Waals surface area contributed by atoms with Gasteiger partial charge in [-0.05, 0) is 99.1 Å². The highest BCUT2D eigenvalue weighted by Gasteiger charge is 2.20. The first-order valence-electron chi connectivity index (χ1n) is 21.5. The molecule has 0 saturated heterocycles. The standard InChI is InChI=1S/C60H40N2O/c1-3-16-41(17-4-1)42-30-34-45(35-31-42)61(46-36-32-44(33-37-46)49-21-8-10-23-51(49)50-22-9-7-20-48(50)43-18-5-2-6-19-43)47-38-39-54-55-26-15-29-58(60(55)63-59(54)40-47)62-56-27-13-11-24-52(56)53-25-12-14-28-57(53)62/h1-40H. The zero-order valence-electron chi connectivity index (χ0n) is 34.4. The second-order valence-corrected chi connectivity index (χ2v) is 16.1. The molecule has 0 aliphatic carbocycles. The summed E-state index contributed by atoms with van der Waals surface area (Å²) < 4.78 is 9.32. The molecule has 3 heteroatoms. The lowest BCUT2D eigenvalue weighted by molar-refractivity contribution is 0.666. The van der Waals surface area contributed by atoms with E-state index in [0.29, 0.717) is 0 Å². The lowest BCUT2D eigenvalue weighted by Crippen LogP contribution is -2.09. The van der Waals surface area contributed by atoms with E-state index in [1.54, 1.807) is 0 Å². The van der Waals surface area contributed by atoms with Gasteiger partial charge in [-0.25, -0.2) is 0 Å². The fourth-order valence-electron chi connectivity index (χ4n) is 9.50. The lowest BCUT2D eigenvalue weighted by Gasteiger charge is -2.26. The van der Waals surface area contributed by atoms with Gasteiger partial charge in [-0.1, -0.05) is 182 Å². The molecule has 0 N–H and O–H groups in total. The summed E-state index contributed by atoms with van der Waals surface area (Å²) in [5.41, 5.74) is 17.7. The number of furan rings is 1. The Kier molecular flexibility index (Phi) is 8.83. The maximum atomic E-state index is 6.97. The molecule has 0 aliphatic rings. The van der Waals surface area contributed by atoms with Crippen molar-refractivity contribution in [2.24, 2.45) is 0 Å². The highest BCUT2D eigenvalue weighted by atomic mass is 16.3. The highest BCUT2D eigenvalue weighted by molar-refractivity contribution is 6.13. The van der Waals surface area contributed by atoms with E-state index >= 15 is 0 Å². The summed E-state index contributed by atoms with van der Waals surface area (Å²) in [6.07, 6.45) is 0. The number of anilines is 3. The lowest BCUT2D eigenvalue weighted by atomic mass is 9.89. The zero-order chi connectivity index (χ0) is 41.7. The van der Waals surface area contributed by atoms with E-state index in [4.69, 9.17) is 4.42 Å². The van der Waals surface area contributed by atoms with Crippen molar-refractivity contribution in [2.45, 2.75) is 0 Å². The number of rotatable bonds is 8. The zero-order valence-corrected chi connectivity index (χ0v) is 34.4. The molecule has 10 aromatic carbocycles. The number of benzene rings is 10. The quantitative estimate of drug-likeness (QED) is 0.153. The van der Waals surface area contributed by atoms with Crippen molar-refractivity contribution in [2.75, 3.05) is 4.90 Å². The smallest absolute Gasteiger partial charge is 0.159 e. The molecule has 0 aliphatic heterocycles. The summed E-state index contributed by atoms with van der Waals surface area (Å²) in [5.74, 6) is 0. The van der Waals surface area contributed by atoms with E-state index in [1.165, 1.54) is 49.7 Å². The summed E-state index contributed by atoms with van der Waals surface area (Å²) in [6.45, 7) is 0. The van der Waals surface area contributed by atoms with Crippen molar-refractivity contribution in [1.29, 1.82) is 0 Å². The van der Waals surface area contributed by atoms with Crippen LogP contribution < -0.4 is 4.90 Å². The molecule has 0 atom stereocenters. The largest absolute Gasteiger partial charge is 0.454 e. The molecule has 0 fully saturated rings. The Morgan fingerprint density at radius 2 is 0.746 bits per heavy atom. The van der Waals surface area contributed by atoms with Gasteiger partial charge in [-0.3, -0.25) is 0 Å². The monoisotopic (exact) mass is 804 g/mol. The van der Waals surface area contributed by atoms with Crippen molar-refractivity contribution >= 4 is 60.8 Å². The first kappa shape index (κ1) is 36.5. The van der Waals surface area contributed by atoms with Crippen molar-refractivity contribution < 1.29 is 4.42 Å². The first-order chi connectivity index (χ1) is 31.3. The Morgan fingerprint density at radius 3 is 1.35 bits per heavy atom. The molecule has 0 saturated carbocycles. The number of hydrogen-bond donors (Lipinski definition) is 0. The number of hydrogen-bond acceptors (Lipinski definition) is 2. The third kappa shape index (κ3) is 6.29. The molecular weight excluding hydrogens is 765 g/mol. The number of para-hydroxylation sites is 3. The summed E-state index contributed by atoms with van der Waals surface area (Å²) >= 11 is 0. The Bertz CT molecular complexity index is 3550. The topological polar surface area (TPSA) is 21.3 Å². The molecule has 0 unspecified atom stereocenters. The summed E-state index contributed by atoms with van der Waals surface area (Å²) in [4.78, 5) is 2.33. The Labute approximate surface area is 366 Å². The Balaban J connectivity index is 0.982. The molecule has 2 heterocycles. The molecule has 12 rings (SSSR count). The van der Waals surface area contributed by atoms with Gasteiger partial charge in [0.05, 0.1) is 16.7 Å². The van der Waals surface area contributed by atoms with Crippen molar-refractivity contribution in [3.63, 3.8) is 0 Å². The molecular formula is C60H40N2O. The van der Waals surface area contributed by atoms with Gasteiger partial charge in [0.1, 0.15) is 5.58 Å². The van der Waals surface area contributed by atoms with Crippen LogP contribution in [0.15, 0.2) is 247 Å². The van der Waals surface area contributed by atoms with Crippen molar-refractivity contribution in [3.8, 4) is 50.2 Å². The van der Waals surface area contributed by atoms with Crippen LogP contribution in [0.1, 0.15) is 0 Å². The maximum absolute atomic E-state index is 6.97. The Hall–Kier alpha value is -8.40. The molecule has 2 aromatic heterocycles. The van der Waals surface area contributed by atoms with Gasteiger partial charge in [0.15, 0.2) is 5.58 Å². The van der Waals surface area contributed by atoms with Crippen molar-refractivity contribution in [3.05, 3.63) is 243 Å². The normalized spacial score (nSPS) is 11.5. The highest BCUT2D eigenvalue weighted by Crippen LogP contribution is 2.43. The van der Waals surface area contributed by atoms with Gasteiger partial charge >= 0.3 is 0 Å². The number of fused-ring (bicyclic) bond motifs is 6. The van der Waals surface area contributed by atoms with Crippen LogP contribution in [0.25, 0.3) is 93.9 Å². The van der Waals surface area contributed by atoms with Crippen LogP contribution in [0.5, 0.6) is 0 Å². The van der Waals surface area contributed by atoms with Crippen LogP contribution in [0.2, 0.25) is 0 Å². The molecule has 3 nitrogen and oxygen atoms in total. The minimum atomic E-state index is 0.837. The van der Waals surface area contributed by atoms with Crippen LogP contribution in [0.4, 0.5) is 17.1 Å². The van der Waals surface area contributed by atoms with Gasteiger partial charge in [0.2, 0.25) is 0 Å². The summed E-state index contributed by atoms with van der Waals surface area (Å²) in [5, 5.41) is 4.62. The van der Waals surface area contributed by atoms with Gasteiger partial charge < -0.3 is 13.9 Å². The molecule has 0 amide bonds. The van der Waals surface area contributed by atoms with E-state index in [0.717, 1.165) is 61.3 Å². The number of aromatic nitrogens is 1. The van der Waals surface area contributed by atoms with Gasteiger partial charge in [-0.2, -0.15) is 0 Å². The molecule has 63 heavy (non-hydrogen) atoms. The maximum Gasteiger partial charge on any atom is 0.159 e. The minimum Gasteiger partial charge on any atom is -0.454 e. The van der Waals surface area contributed by atoms with Crippen molar-refractivity contribution in [1.82, 2.24) is 4.57 Å². The molecule has 0 radical (unpaired) electrons. The summed E-state index contributed by atoms with van der Waals surface area (Å²) in [7, 11) is 0.